The molecule has 0 aliphatic carbocycles. The minimum Gasteiger partial charge on any atom is -0.366 e. The second kappa shape index (κ2) is 6.11. The Morgan fingerprint density at radius 1 is 1.12 bits per heavy atom. The van der Waals surface area contributed by atoms with Gasteiger partial charge in [-0.25, -0.2) is 8.78 Å². The molecule has 0 aliphatic rings. The molecule has 0 atom stereocenters. The normalized spacial score (nSPS) is 11.3. The summed E-state index contributed by atoms with van der Waals surface area (Å²) in [6.45, 7) is 0.00248. The van der Waals surface area contributed by atoms with Crippen LogP contribution in [0.5, 0.6) is 0 Å². The predicted octanol–water partition coefficient (Wildman–Crippen LogP) is 4.67. The minimum atomic E-state index is -0.628. The van der Waals surface area contributed by atoms with Crippen molar-refractivity contribution in [2.24, 2.45) is 5.73 Å². The van der Waals surface area contributed by atoms with Gasteiger partial charge in [0.15, 0.2) is 0 Å². The molecule has 3 nitrogen and oxygen atoms in total. The molecule has 0 saturated carbocycles. The number of rotatable bonds is 3. The van der Waals surface area contributed by atoms with E-state index in [1.165, 1.54) is 24.3 Å². The number of aromatic nitrogens is 1. The molecular weight excluding hydrogens is 358 g/mol. The Hall–Kier alpha value is -2.92. The zero-order chi connectivity index (χ0) is 18.4. The standard InChI is InChI=1S/C20H12ClF2N2O/c21-14-6-3-7-15(22)13(14)10-25-17-9-2-5-12(20(24)26)18(17)11-4-1-8-16(23)19(11)25/h1-3,5-9H,10H2,(H2,24,26). The fourth-order valence-electron chi connectivity index (χ4n) is 3.28. The molecule has 3 aromatic carbocycles. The maximum atomic E-state index is 14.6. The number of hydrogen-bond donors (Lipinski definition) is 1. The van der Waals surface area contributed by atoms with E-state index in [4.69, 9.17) is 17.3 Å². The molecule has 0 bridgehead atoms. The highest BCUT2D eigenvalue weighted by molar-refractivity contribution is 6.31. The number of carbonyl (C=O) groups is 1. The highest BCUT2D eigenvalue weighted by atomic mass is 35.5. The van der Waals surface area contributed by atoms with E-state index in [2.05, 4.69) is 6.07 Å². The topological polar surface area (TPSA) is 48.0 Å². The van der Waals surface area contributed by atoms with E-state index < -0.39 is 17.5 Å². The van der Waals surface area contributed by atoms with Crippen LogP contribution in [0.1, 0.15) is 15.9 Å². The van der Waals surface area contributed by atoms with Crippen LogP contribution in [0.3, 0.4) is 0 Å². The fraction of sp³-hybridized carbons (Fsp3) is 0.0500. The number of hydrogen-bond acceptors (Lipinski definition) is 1. The van der Waals surface area contributed by atoms with Crippen molar-refractivity contribution >= 4 is 39.3 Å². The van der Waals surface area contributed by atoms with Crippen LogP contribution in [0, 0.1) is 17.7 Å². The van der Waals surface area contributed by atoms with E-state index in [1.807, 2.05) is 0 Å². The van der Waals surface area contributed by atoms with Gasteiger partial charge in [-0.3, -0.25) is 4.79 Å². The van der Waals surface area contributed by atoms with Crippen molar-refractivity contribution in [3.05, 3.63) is 82.4 Å². The van der Waals surface area contributed by atoms with Crippen molar-refractivity contribution in [2.75, 3.05) is 0 Å². The van der Waals surface area contributed by atoms with Crippen molar-refractivity contribution in [1.82, 2.24) is 4.57 Å². The minimum absolute atomic E-state index is 0.00248. The second-order valence-electron chi connectivity index (χ2n) is 5.90. The van der Waals surface area contributed by atoms with Crippen LogP contribution in [0.15, 0.2) is 48.5 Å². The van der Waals surface area contributed by atoms with Crippen molar-refractivity contribution in [3.8, 4) is 0 Å². The first-order chi connectivity index (χ1) is 12.5. The largest absolute Gasteiger partial charge is 0.366 e. The van der Waals surface area contributed by atoms with Gasteiger partial charge in [-0.15, -0.1) is 0 Å². The average Bonchev–Trinajstić information content (AvgIpc) is 2.93. The number of nitrogens with zero attached hydrogens (tertiary/aromatic N) is 1. The number of halogens is 3. The third-order valence-corrected chi connectivity index (χ3v) is 4.77. The lowest BCUT2D eigenvalue weighted by molar-refractivity contribution is 0.100. The molecule has 0 unspecified atom stereocenters. The zero-order valence-electron chi connectivity index (χ0n) is 13.4. The Morgan fingerprint density at radius 2 is 1.88 bits per heavy atom. The summed E-state index contributed by atoms with van der Waals surface area (Å²) >= 11 is 6.14. The van der Waals surface area contributed by atoms with Gasteiger partial charge in [0.2, 0.25) is 5.91 Å². The molecule has 1 aromatic heterocycles. The van der Waals surface area contributed by atoms with Crippen molar-refractivity contribution in [3.63, 3.8) is 0 Å². The number of fused-ring (bicyclic) bond motifs is 3. The van der Waals surface area contributed by atoms with Crippen LogP contribution < -0.4 is 5.73 Å². The van der Waals surface area contributed by atoms with Gasteiger partial charge in [0.1, 0.15) is 11.6 Å². The van der Waals surface area contributed by atoms with Crippen LogP contribution in [-0.4, -0.2) is 10.5 Å². The third-order valence-electron chi connectivity index (χ3n) is 4.42. The molecule has 2 N–H and O–H groups in total. The summed E-state index contributed by atoms with van der Waals surface area (Å²) < 4.78 is 30.5. The summed E-state index contributed by atoms with van der Waals surface area (Å²) in [5.41, 5.74) is 6.75. The second-order valence-corrected chi connectivity index (χ2v) is 6.31. The summed E-state index contributed by atoms with van der Waals surface area (Å²) in [5, 5.41) is 1.15. The van der Waals surface area contributed by atoms with Gasteiger partial charge in [0.25, 0.3) is 0 Å². The number of nitrogens with two attached hydrogens (primary N) is 1. The quantitative estimate of drug-likeness (QED) is 0.560. The zero-order valence-corrected chi connectivity index (χ0v) is 14.1. The van der Waals surface area contributed by atoms with Crippen molar-refractivity contribution in [1.29, 1.82) is 0 Å². The predicted molar refractivity (Wildman–Crippen MR) is 97.3 cm³/mol. The smallest absolute Gasteiger partial charge is 0.249 e. The number of primary amides is 1. The fourth-order valence-corrected chi connectivity index (χ4v) is 3.50. The van der Waals surface area contributed by atoms with Gasteiger partial charge in [0, 0.05) is 26.9 Å². The molecule has 129 valence electrons. The maximum absolute atomic E-state index is 14.6. The molecule has 0 spiro atoms. The third kappa shape index (κ3) is 2.44. The number of carbonyl (C=O) groups excluding carboxylic acids is 1. The van der Waals surface area contributed by atoms with E-state index >= 15 is 0 Å². The van der Waals surface area contributed by atoms with Crippen LogP contribution in [0.2, 0.25) is 5.02 Å². The van der Waals surface area contributed by atoms with Crippen LogP contribution in [0.25, 0.3) is 21.8 Å². The molecule has 0 fully saturated rings. The number of benzene rings is 3. The summed E-state index contributed by atoms with van der Waals surface area (Å²) in [5.74, 6) is -1.62. The van der Waals surface area contributed by atoms with E-state index in [0.717, 1.165) is 0 Å². The Morgan fingerprint density at radius 3 is 2.62 bits per heavy atom. The first-order valence-corrected chi connectivity index (χ1v) is 8.20. The van der Waals surface area contributed by atoms with Gasteiger partial charge < -0.3 is 10.3 Å². The Labute approximate surface area is 152 Å². The molecular formula is C20H12ClF2N2O. The summed E-state index contributed by atoms with van der Waals surface area (Å²) in [6, 6.07) is 15.0. The average molecular weight is 370 g/mol. The molecule has 6 heteroatoms. The molecule has 1 amide bonds. The molecule has 26 heavy (non-hydrogen) atoms. The monoisotopic (exact) mass is 369 g/mol. The SMILES string of the molecule is NC(=O)c1cccc2c1c1[c]ccc(F)c1n2Cc1c(F)cccc1Cl. The number of amides is 1. The lowest BCUT2D eigenvalue weighted by atomic mass is 10.1. The van der Waals surface area contributed by atoms with Crippen molar-refractivity contribution in [2.45, 2.75) is 6.54 Å². The van der Waals surface area contributed by atoms with Gasteiger partial charge >= 0.3 is 0 Å². The van der Waals surface area contributed by atoms with Crippen LogP contribution >= 0.6 is 11.6 Å². The van der Waals surface area contributed by atoms with E-state index in [1.54, 1.807) is 28.8 Å². The van der Waals surface area contributed by atoms with E-state index in [9.17, 15) is 13.6 Å². The lowest BCUT2D eigenvalue weighted by Crippen LogP contribution is -2.11. The Balaban J connectivity index is 2.11. The van der Waals surface area contributed by atoms with Crippen LogP contribution in [0.4, 0.5) is 8.78 Å². The van der Waals surface area contributed by atoms with Crippen molar-refractivity contribution < 1.29 is 13.6 Å². The van der Waals surface area contributed by atoms with Gasteiger partial charge in [-0.2, -0.15) is 0 Å². The highest BCUT2D eigenvalue weighted by Crippen LogP contribution is 2.34. The molecule has 0 aliphatic heterocycles. The summed E-state index contributed by atoms with van der Waals surface area (Å²) in [4.78, 5) is 11.8. The van der Waals surface area contributed by atoms with Crippen LogP contribution in [-0.2, 0) is 6.54 Å². The molecule has 4 rings (SSSR count). The van der Waals surface area contributed by atoms with E-state index in [-0.39, 0.29) is 28.2 Å². The Bertz CT molecular complexity index is 1160. The molecule has 1 heterocycles. The molecule has 0 saturated heterocycles. The summed E-state index contributed by atoms with van der Waals surface area (Å²) in [6.07, 6.45) is 0. The summed E-state index contributed by atoms with van der Waals surface area (Å²) in [7, 11) is 0. The molecule has 4 aromatic rings. The van der Waals surface area contributed by atoms with Gasteiger partial charge in [-0.05, 0) is 36.4 Å². The molecule has 1 radical (unpaired) electrons. The highest BCUT2D eigenvalue weighted by Gasteiger charge is 2.20. The van der Waals surface area contributed by atoms with E-state index in [0.29, 0.717) is 16.3 Å². The first kappa shape index (κ1) is 16.5. The first-order valence-electron chi connectivity index (χ1n) is 7.83. The maximum Gasteiger partial charge on any atom is 0.249 e. The van der Waals surface area contributed by atoms with Gasteiger partial charge in [-0.1, -0.05) is 29.8 Å². The lowest BCUT2D eigenvalue weighted by Gasteiger charge is -2.11. The van der Waals surface area contributed by atoms with Gasteiger partial charge in [0.05, 0.1) is 17.6 Å². The Kier molecular flexibility index (Phi) is 3.89.